The number of fused-ring (bicyclic) bond motifs is 1. The Labute approximate surface area is 262 Å². The van der Waals surface area contributed by atoms with Crippen molar-refractivity contribution in [2.45, 2.75) is 29.5 Å². The number of rotatable bonds is 7. The maximum atomic E-state index is 14.8. The number of amides is 2. The van der Waals surface area contributed by atoms with Crippen LogP contribution < -0.4 is 13.8 Å². The van der Waals surface area contributed by atoms with E-state index in [0.29, 0.717) is 42.3 Å². The molecule has 0 radical (unpaired) electrons. The summed E-state index contributed by atoms with van der Waals surface area (Å²) < 4.78 is 46.0. The molecule has 2 fully saturated rings. The minimum absolute atomic E-state index is 0.00255. The van der Waals surface area contributed by atoms with Crippen LogP contribution in [-0.4, -0.2) is 112 Å². The second-order valence-corrected chi connectivity index (χ2v) is 13.0. The van der Waals surface area contributed by atoms with Gasteiger partial charge < -0.3 is 24.0 Å². The summed E-state index contributed by atoms with van der Waals surface area (Å²) in [5, 5.41) is -0.342. The van der Waals surface area contributed by atoms with Gasteiger partial charge in [-0.3, -0.25) is 9.69 Å². The van der Waals surface area contributed by atoms with E-state index < -0.39 is 27.6 Å². The van der Waals surface area contributed by atoms with Gasteiger partial charge in [-0.15, -0.1) is 0 Å². The van der Waals surface area contributed by atoms with Crippen LogP contribution in [0.3, 0.4) is 0 Å². The molecule has 45 heavy (non-hydrogen) atoms. The molecule has 0 aliphatic carbocycles. The number of sulfonamides is 1. The molecule has 5 heterocycles. The second kappa shape index (κ2) is 12.3. The molecule has 13 nitrogen and oxygen atoms in total. The highest BCUT2D eigenvalue weighted by Gasteiger charge is 2.61. The van der Waals surface area contributed by atoms with Crippen molar-refractivity contribution in [1.29, 1.82) is 0 Å². The van der Waals surface area contributed by atoms with E-state index in [9.17, 15) is 18.0 Å². The van der Waals surface area contributed by atoms with E-state index in [1.54, 1.807) is 17.0 Å². The zero-order valence-electron chi connectivity index (χ0n) is 25.5. The Hall–Kier alpha value is -4.27. The highest BCUT2D eigenvalue weighted by Crippen LogP contribution is 2.52. The fraction of sp³-hybridized carbons (Fsp3) is 0.419. The number of hydrogen-bond donors (Lipinski definition) is 0. The number of hydrogen-bond acceptors (Lipinski definition) is 11. The van der Waals surface area contributed by atoms with Gasteiger partial charge in [0.1, 0.15) is 5.75 Å². The molecule has 2 amide bonds. The molecule has 2 aromatic heterocycles. The second-order valence-electron chi connectivity index (χ2n) is 11.3. The summed E-state index contributed by atoms with van der Waals surface area (Å²) in [5.74, 6) is -0.703. The number of aromatic nitrogens is 2. The predicted molar refractivity (Wildman–Crippen MR) is 164 cm³/mol. The third kappa shape index (κ3) is 5.36. The van der Waals surface area contributed by atoms with Crippen LogP contribution in [0.15, 0.2) is 66.0 Å². The average molecular weight is 637 g/mol. The van der Waals surface area contributed by atoms with Crippen LogP contribution in [-0.2, 0) is 25.2 Å². The maximum Gasteiger partial charge on any atom is 0.411 e. The summed E-state index contributed by atoms with van der Waals surface area (Å²) in [4.78, 5) is 43.4. The van der Waals surface area contributed by atoms with Gasteiger partial charge in [-0.1, -0.05) is 6.07 Å². The average Bonchev–Trinajstić information content (AvgIpc) is 3.32. The standard InChI is InChI=1S/C31H36N6O7S/c1-34-15-11-22(12-16-34)35-17-19-36(20-18-35)30(39)44-31(24-7-6-14-33-28(24)43-3)25-21-23(42-2)9-10-26(25)37(29(31)38)45(40,41)27-8-4-5-13-32-27/h4-10,13-14,21-22H,11-12,15-20H2,1-3H3. The normalized spacial score (nSPS) is 21.4. The number of pyridine rings is 2. The molecule has 1 unspecified atom stereocenters. The number of nitrogens with zero attached hydrogens (tertiary/aromatic N) is 6. The first kappa shape index (κ1) is 30.7. The van der Waals surface area contributed by atoms with Gasteiger partial charge in [0, 0.05) is 50.2 Å². The minimum atomic E-state index is -4.55. The van der Waals surface area contributed by atoms with E-state index in [4.69, 9.17) is 14.2 Å². The predicted octanol–water partition coefficient (Wildman–Crippen LogP) is 2.32. The molecule has 238 valence electrons. The number of benzene rings is 1. The Morgan fingerprint density at radius 2 is 1.62 bits per heavy atom. The molecule has 1 atom stereocenters. The maximum absolute atomic E-state index is 14.8. The number of ether oxygens (including phenoxy) is 3. The number of likely N-dealkylation sites (tertiary alicyclic amines) is 1. The molecule has 0 bridgehead atoms. The number of anilines is 1. The van der Waals surface area contributed by atoms with E-state index in [-0.39, 0.29) is 27.7 Å². The lowest BCUT2D eigenvalue weighted by Crippen LogP contribution is -2.55. The van der Waals surface area contributed by atoms with E-state index in [2.05, 4.69) is 26.8 Å². The Bertz CT molecular complexity index is 1670. The molecule has 0 N–H and O–H groups in total. The highest BCUT2D eigenvalue weighted by molar-refractivity contribution is 7.93. The molecule has 3 aliphatic rings. The Morgan fingerprint density at radius 3 is 2.29 bits per heavy atom. The molecule has 0 spiro atoms. The van der Waals surface area contributed by atoms with Crippen LogP contribution in [0.1, 0.15) is 24.0 Å². The van der Waals surface area contributed by atoms with Crippen molar-refractivity contribution in [3.8, 4) is 11.6 Å². The summed E-state index contributed by atoms with van der Waals surface area (Å²) in [6, 6.07) is 12.4. The summed E-state index contributed by atoms with van der Waals surface area (Å²) in [5.41, 5.74) is -2.11. The zero-order chi connectivity index (χ0) is 31.8. The fourth-order valence-corrected chi connectivity index (χ4v) is 7.76. The van der Waals surface area contributed by atoms with Crippen molar-refractivity contribution < 1.29 is 32.2 Å². The lowest BCUT2D eigenvalue weighted by Gasteiger charge is -2.42. The van der Waals surface area contributed by atoms with E-state index >= 15 is 0 Å². The van der Waals surface area contributed by atoms with Gasteiger partial charge in [0.05, 0.1) is 25.5 Å². The smallest absolute Gasteiger partial charge is 0.411 e. The van der Waals surface area contributed by atoms with Gasteiger partial charge in [-0.25, -0.2) is 14.8 Å². The lowest BCUT2D eigenvalue weighted by molar-refractivity contribution is -0.132. The van der Waals surface area contributed by atoms with Crippen LogP contribution in [0.4, 0.5) is 10.5 Å². The van der Waals surface area contributed by atoms with Crippen molar-refractivity contribution in [1.82, 2.24) is 24.7 Å². The largest absolute Gasteiger partial charge is 0.497 e. The number of piperazine rings is 1. The summed E-state index contributed by atoms with van der Waals surface area (Å²) in [7, 11) is 0.395. The monoisotopic (exact) mass is 636 g/mol. The third-order valence-corrected chi connectivity index (χ3v) is 10.4. The summed E-state index contributed by atoms with van der Waals surface area (Å²) in [6.07, 6.45) is 4.17. The van der Waals surface area contributed by atoms with Gasteiger partial charge in [0.2, 0.25) is 5.88 Å². The number of carbonyl (C=O) groups excluding carboxylic acids is 2. The van der Waals surface area contributed by atoms with Gasteiger partial charge in [0.15, 0.2) is 5.03 Å². The molecule has 14 heteroatoms. The summed E-state index contributed by atoms with van der Waals surface area (Å²) in [6.45, 7) is 4.16. The molecule has 2 saturated heterocycles. The Morgan fingerprint density at radius 1 is 0.889 bits per heavy atom. The molecule has 0 saturated carbocycles. The first-order chi connectivity index (χ1) is 21.7. The van der Waals surface area contributed by atoms with Crippen molar-refractivity contribution in [2.75, 3.05) is 64.8 Å². The molecule has 3 aliphatic heterocycles. The molecule has 1 aromatic carbocycles. The van der Waals surface area contributed by atoms with Crippen molar-refractivity contribution in [2.24, 2.45) is 0 Å². The van der Waals surface area contributed by atoms with Gasteiger partial charge >= 0.3 is 6.09 Å². The van der Waals surface area contributed by atoms with Crippen molar-refractivity contribution in [3.63, 3.8) is 0 Å². The first-order valence-electron chi connectivity index (χ1n) is 14.8. The Kier molecular flexibility index (Phi) is 8.37. The number of piperidine rings is 1. The Balaban J connectivity index is 1.41. The van der Waals surface area contributed by atoms with Crippen molar-refractivity contribution in [3.05, 3.63) is 72.1 Å². The number of methoxy groups -OCH3 is 2. The summed E-state index contributed by atoms with van der Waals surface area (Å²) >= 11 is 0. The zero-order valence-corrected chi connectivity index (χ0v) is 26.3. The van der Waals surface area contributed by atoms with Gasteiger partial charge in [-0.05, 0) is 75.4 Å². The van der Waals surface area contributed by atoms with Gasteiger partial charge in [0.25, 0.3) is 21.5 Å². The SMILES string of the molecule is COc1ccc2c(c1)C(OC(=O)N1CCN(C3CCN(C)CC3)CC1)(c1cccnc1OC)C(=O)N2S(=O)(=O)c1ccccn1. The first-order valence-corrected chi connectivity index (χ1v) is 16.2. The fourth-order valence-electron chi connectivity index (χ4n) is 6.36. The number of carbonyl (C=O) groups is 2. The molecule has 3 aromatic rings. The highest BCUT2D eigenvalue weighted by atomic mass is 32.2. The van der Waals surface area contributed by atoms with E-state index in [1.807, 2.05) is 0 Å². The van der Waals surface area contributed by atoms with Crippen LogP contribution in [0.2, 0.25) is 0 Å². The van der Waals surface area contributed by atoms with Crippen LogP contribution >= 0.6 is 0 Å². The lowest BCUT2D eigenvalue weighted by atomic mass is 9.87. The van der Waals surface area contributed by atoms with Crippen LogP contribution in [0.5, 0.6) is 11.6 Å². The van der Waals surface area contributed by atoms with Crippen LogP contribution in [0.25, 0.3) is 0 Å². The quantitative estimate of drug-likeness (QED) is 0.378. The molecular weight excluding hydrogens is 600 g/mol. The van der Waals surface area contributed by atoms with Gasteiger partial charge in [-0.2, -0.15) is 12.7 Å². The van der Waals surface area contributed by atoms with E-state index in [0.717, 1.165) is 25.9 Å². The van der Waals surface area contributed by atoms with Crippen LogP contribution in [0, 0.1) is 0 Å². The minimum Gasteiger partial charge on any atom is -0.497 e. The topological polar surface area (TPSA) is 135 Å². The third-order valence-electron chi connectivity index (χ3n) is 8.79. The van der Waals surface area contributed by atoms with Crippen molar-refractivity contribution >= 4 is 27.7 Å². The molecular formula is C31H36N6O7S. The molecule has 6 rings (SSSR count). The van der Waals surface area contributed by atoms with E-state index in [1.165, 1.54) is 63.0 Å².